The van der Waals surface area contributed by atoms with Crippen molar-refractivity contribution >= 4 is 27.5 Å². The van der Waals surface area contributed by atoms with Crippen molar-refractivity contribution in [2.75, 3.05) is 18.8 Å². The number of benzene rings is 1. The number of nitrogen functional groups attached to an aromatic ring is 1. The summed E-state index contributed by atoms with van der Waals surface area (Å²) < 4.78 is 38.2. The molecule has 0 spiro atoms. The molecule has 0 aromatic heterocycles. The number of amides is 1. The number of carbonyl (C=O) groups excluding carboxylic acids is 1. The van der Waals surface area contributed by atoms with Gasteiger partial charge in [0.2, 0.25) is 0 Å². The van der Waals surface area contributed by atoms with E-state index in [-0.39, 0.29) is 12.1 Å². The second-order valence-corrected chi connectivity index (χ2v) is 5.29. The third-order valence-corrected chi connectivity index (χ3v) is 3.40. The summed E-state index contributed by atoms with van der Waals surface area (Å²) in [5.41, 5.74) is 6.12. The highest BCUT2D eigenvalue weighted by Gasteiger charge is 2.33. The molecule has 3 nitrogen and oxygen atoms in total. The number of nitrogens with zero attached hydrogens (tertiary/aromatic N) is 1. The Labute approximate surface area is 124 Å². The SMILES string of the molecule is CCCCN(CC(F)(F)F)C(=O)c1ccc(Br)c(N)c1. The lowest BCUT2D eigenvalue weighted by molar-refractivity contribution is -0.140. The van der Waals surface area contributed by atoms with Crippen molar-refractivity contribution in [3.05, 3.63) is 28.2 Å². The lowest BCUT2D eigenvalue weighted by Crippen LogP contribution is -2.39. The number of hydrogen-bond acceptors (Lipinski definition) is 2. The molecule has 7 heteroatoms. The molecule has 20 heavy (non-hydrogen) atoms. The van der Waals surface area contributed by atoms with Crippen LogP contribution in [0, 0.1) is 0 Å². The summed E-state index contributed by atoms with van der Waals surface area (Å²) in [6.07, 6.45) is -3.18. The van der Waals surface area contributed by atoms with Gasteiger partial charge in [0.1, 0.15) is 6.54 Å². The first kappa shape index (κ1) is 16.8. The van der Waals surface area contributed by atoms with Gasteiger partial charge < -0.3 is 10.6 Å². The number of anilines is 1. The predicted molar refractivity (Wildman–Crippen MR) is 75.4 cm³/mol. The van der Waals surface area contributed by atoms with Crippen LogP contribution in [0.1, 0.15) is 30.1 Å². The maximum absolute atomic E-state index is 12.5. The molecule has 0 aliphatic carbocycles. The highest BCUT2D eigenvalue weighted by Crippen LogP contribution is 2.23. The Kier molecular flexibility index (Phi) is 5.86. The van der Waals surface area contributed by atoms with Crippen LogP contribution in [0.15, 0.2) is 22.7 Å². The van der Waals surface area contributed by atoms with Crippen molar-refractivity contribution in [2.45, 2.75) is 25.9 Å². The van der Waals surface area contributed by atoms with Crippen LogP contribution >= 0.6 is 15.9 Å². The van der Waals surface area contributed by atoms with Gasteiger partial charge in [0.25, 0.3) is 5.91 Å². The molecule has 0 fully saturated rings. The quantitative estimate of drug-likeness (QED) is 0.818. The minimum atomic E-state index is -4.41. The van der Waals surface area contributed by atoms with Gasteiger partial charge in [-0.3, -0.25) is 4.79 Å². The number of carbonyl (C=O) groups is 1. The number of halogens is 4. The highest BCUT2D eigenvalue weighted by molar-refractivity contribution is 9.10. The van der Waals surface area contributed by atoms with E-state index >= 15 is 0 Å². The summed E-state index contributed by atoms with van der Waals surface area (Å²) in [5, 5.41) is 0. The minimum absolute atomic E-state index is 0.0742. The maximum Gasteiger partial charge on any atom is 0.406 e. The first-order valence-corrected chi connectivity index (χ1v) is 6.95. The molecule has 112 valence electrons. The van der Waals surface area contributed by atoms with Gasteiger partial charge in [0.15, 0.2) is 0 Å². The van der Waals surface area contributed by atoms with Gasteiger partial charge in [-0.15, -0.1) is 0 Å². The van der Waals surface area contributed by atoms with Crippen LogP contribution in [-0.4, -0.2) is 30.1 Å². The molecule has 0 heterocycles. The fourth-order valence-corrected chi connectivity index (χ4v) is 1.92. The maximum atomic E-state index is 12.5. The molecule has 0 aliphatic heterocycles. The van der Waals surface area contributed by atoms with Gasteiger partial charge >= 0.3 is 6.18 Å². The van der Waals surface area contributed by atoms with Crippen LogP contribution < -0.4 is 5.73 Å². The largest absolute Gasteiger partial charge is 0.406 e. The molecule has 0 bridgehead atoms. The van der Waals surface area contributed by atoms with Crippen LogP contribution in [0.25, 0.3) is 0 Å². The smallest absolute Gasteiger partial charge is 0.398 e. The molecule has 0 aliphatic rings. The fraction of sp³-hybridized carbons (Fsp3) is 0.462. The second-order valence-electron chi connectivity index (χ2n) is 4.43. The van der Waals surface area contributed by atoms with E-state index in [1.54, 1.807) is 6.07 Å². The van der Waals surface area contributed by atoms with E-state index in [1.807, 2.05) is 6.92 Å². The lowest BCUT2D eigenvalue weighted by Gasteiger charge is -2.24. The first-order chi connectivity index (χ1) is 9.24. The Balaban J connectivity index is 2.93. The van der Waals surface area contributed by atoms with Gasteiger partial charge in [-0.25, -0.2) is 0 Å². The Morgan fingerprint density at radius 2 is 2.05 bits per heavy atom. The summed E-state index contributed by atoms with van der Waals surface area (Å²) in [5.74, 6) is -0.657. The van der Waals surface area contributed by atoms with Crippen molar-refractivity contribution in [2.24, 2.45) is 0 Å². The zero-order valence-electron chi connectivity index (χ0n) is 11.0. The zero-order chi connectivity index (χ0) is 15.3. The van der Waals surface area contributed by atoms with E-state index in [2.05, 4.69) is 15.9 Å². The molecular weight excluding hydrogens is 337 g/mol. The number of unbranched alkanes of at least 4 members (excludes halogenated alkanes) is 1. The molecule has 1 aromatic carbocycles. The lowest BCUT2D eigenvalue weighted by atomic mass is 10.1. The van der Waals surface area contributed by atoms with Crippen molar-refractivity contribution in [3.8, 4) is 0 Å². The fourth-order valence-electron chi connectivity index (χ4n) is 1.68. The van der Waals surface area contributed by atoms with Crippen LogP contribution in [0.5, 0.6) is 0 Å². The van der Waals surface area contributed by atoms with Gasteiger partial charge in [-0.1, -0.05) is 13.3 Å². The second kappa shape index (κ2) is 6.97. The average Bonchev–Trinajstić information content (AvgIpc) is 2.35. The molecular formula is C13H16BrF3N2O. The Morgan fingerprint density at radius 1 is 1.40 bits per heavy atom. The standard InChI is InChI=1S/C13H16BrF3N2O/c1-2-3-6-19(8-13(15,16)17)12(20)9-4-5-10(14)11(18)7-9/h4-5,7H,2-3,6,8,18H2,1H3. The molecule has 1 rings (SSSR count). The molecule has 0 atom stereocenters. The number of nitrogens with two attached hydrogens (primary N) is 1. The topological polar surface area (TPSA) is 46.3 Å². The molecule has 0 saturated heterocycles. The van der Waals surface area contributed by atoms with E-state index in [9.17, 15) is 18.0 Å². The number of rotatable bonds is 5. The summed E-state index contributed by atoms with van der Waals surface area (Å²) >= 11 is 3.18. The molecule has 2 N–H and O–H groups in total. The van der Waals surface area contributed by atoms with Crippen molar-refractivity contribution in [1.29, 1.82) is 0 Å². The molecule has 0 saturated carbocycles. The van der Waals surface area contributed by atoms with Gasteiger partial charge in [-0.2, -0.15) is 13.2 Å². The normalized spacial score (nSPS) is 11.4. The third kappa shape index (κ3) is 5.03. The van der Waals surface area contributed by atoms with Gasteiger partial charge in [-0.05, 0) is 40.5 Å². The van der Waals surface area contributed by atoms with E-state index in [0.29, 0.717) is 23.0 Å². The van der Waals surface area contributed by atoms with E-state index < -0.39 is 18.6 Å². The van der Waals surface area contributed by atoms with Crippen LogP contribution in [0.3, 0.4) is 0 Å². The summed E-state index contributed by atoms with van der Waals surface area (Å²) in [6, 6.07) is 4.38. The number of hydrogen-bond donors (Lipinski definition) is 1. The molecule has 0 unspecified atom stereocenters. The molecule has 1 aromatic rings. The van der Waals surface area contributed by atoms with Crippen LogP contribution in [0.2, 0.25) is 0 Å². The van der Waals surface area contributed by atoms with Crippen LogP contribution in [-0.2, 0) is 0 Å². The van der Waals surface area contributed by atoms with Gasteiger partial charge in [0.05, 0.1) is 0 Å². The monoisotopic (exact) mass is 352 g/mol. The van der Waals surface area contributed by atoms with E-state index in [4.69, 9.17) is 5.73 Å². The van der Waals surface area contributed by atoms with Crippen molar-refractivity contribution < 1.29 is 18.0 Å². The Bertz CT molecular complexity index is 477. The summed E-state index contributed by atoms with van der Waals surface area (Å²) in [4.78, 5) is 13.0. The average molecular weight is 353 g/mol. The summed E-state index contributed by atoms with van der Waals surface area (Å²) in [7, 11) is 0. The summed E-state index contributed by atoms with van der Waals surface area (Å²) in [6.45, 7) is 0.681. The van der Waals surface area contributed by atoms with Crippen LogP contribution in [0.4, 0.5) is 18.9 Å². The predicted octanol–water partition coefficient (Wildman–Crippen LogP) is 3.84. The first-order valence-electron chi connectivity index (χ1n) is 6.15. The Morgan fingerprint density at radius 3 is 2.55 bits per heavy atom. The highest BCUT2D eigenvalue weighted by atomic mass is 79.9. The van der Waals surface area contributed by atoms with E-state index in [0.717, 1.165) is 4.90 Å². The van der Waals surface area contributed by atoms with E-state index in [1.165, 1.54) is 12.1 Å². The number of alkyl halides is 3. The third-order valence-electron chi connectivity index (χ3n) is 2.68. The molecule has 1 amide bonds. The van der Waals surface area contributed by atoms with Gasteiger partial charge in [0, 0.05) is 22.3 Å². The van der Waals surface area contributed by atoms with Crippen molar-refractivity contribution in [1.82, 2.24) is 4.90 Å². The van der Waals surface area contributed by atoms with Crippen molar-refractivity contribution in [3.63, 3.8) is 0 Å². The zero-order valence-corrected chi connectivity index (χ0v) is 12.6. The Hall–Kier alpha value is -1.24. The molecule has 0 radical (unpaired) electrons. The minimum Gasteiger partial charge on any atom is -0.398 e.